The molecule has 1 heterocycles. The van der Waals surface area contributed by atoms with E-state index in [9.17, 15) is 18.8 Å². The highest BCUT2D eigenvalue weighted by atomic mass is 32.2. The summed E-state index contributed by atoms with van der Waals surface area (Å²) < 4.78 is 13.1. The fourth-order valence-corrected chi connectivity index (χ4v) is 3.99. The maximum absolute atomic E-state index is 13.1. The average molecular weight is 479 g/mol. The van der Waals surface area contributed by atoms with Crippen LogP contribution in [0.15, 0.2) is 77.7 Å². The fraction of sp³-hybridized carbons (Fsp3) is 0.160. The van der Waals surface area contributed by atoms with E-state index < -0.39 is 11.8 Å². The van der Waals surface area contributed by atoms with Gasteiger partial charge in [-0.2, -0.15) is 0 Å². The van der Waals surface area contributed by atoms with Crippen molar-refractivity contribution in [1.29, 1.82) is 0 Å². The van der Waals surface area contributed by atoms with E-state index in [1.54, 1.807) is 36.0 Å². The molecule has 9 heteroatoms. The molecule has 174 valence electrons. The molecule has 34 heavy (non-hydrogen) atoms. The summed E-state index contributed by atoms with van der Waals surface area (Å²) in [4.78, 5) is 42.2. The van der Waals surface area contributed by atoms with Gasteiger partial charge in [-0.25, -0.2) is 9.18 Å². The van der Waals surface area contributed by atoms with Crippen LogP contribution in [-0.4, -0.2) is 37.2 Å². The third-order valence-corrected chi connectivity index (χ3v) is 6.09. The number of carbonyl (C=O) groups is 3. The number of para-hydroxylation sites is 2. The second-order valence-electron chi connectivity index (χ2n) is 7.62. The van der Waals surface area contributed by atoms with E-state index in [2.05, 4.69) is 10.6 Å². The van der Waals surface area contributed by atoms with Crippen molar-refractivity contribution in [1.82, 2.24) is 5.32 Å². The Balaban J connectivity index is 1.44. The van der Waals surface area contributed by atoms with Gasteiger partial charge in [-0.05, 0) is 60.4 Å². The molecule has 2 N–H and O–H groups in total. The van der Waals surface area contributed by atoms with Crippen molar-refractivity contribution in [3.63, 3.8) is 0 Å². The predicted octanol–water partition coefficient (Wildman–Crippen LogP) is 4.25. The fourth-order valence-electron chi connectivity index (χ4n) is 3.58. The zero-order chi connectivity index (χ0) is 24.1. The van der Waals surface area contributed by atoms with Crippen molar-refractivity contribution >= 4 is 46.7 Å². The summed E-state index contributed by atoms with van der Waals surface area (Å²) in [7, 11) is 0. The van der Waals surface area contributed by atoms with Crippen molar-refractivity contribution in [2.24, 2.45) is 0 Å². The van der Waals surface area contributed by atoms with Gasteiger partial charge in [0.25, 0.3) is 0 Å². The monoisotopic (exact) mass is 478 g/mol. The Morgan fingerprint density at radius 2 is 1.65 bits per heavy atom. The zero-order valence-electron chi connectivity index (χ0n) is 18.5. The Labute approximate surface area is 200 Å². The van der Waals surface area contributed by atoms with Gasteiger partial charge in [0.05, 0.1) is 11.4 Å². The molecule has 0 aromatic heterocycles. The van der Waals surface area contributed by atoms with E-state index in [4.69, 9.17) is 0 Å². The Kier molecular flexibility index (Phi) is 7.12. The summed E-state index contributed by atoms with van der Waals surface area (Å²) >= 11 is 1.64. The van der Waals surface area contributed by atoms with Gasteiger partial charge < -0.3 is 10.6 Å². The molecule has 0 aliphatic carbocycles. The molecule has 0 saturated carbocycles. The van der Waals surface area contributed by atoms with E-state index in [1.807, 2.05) is 30.5 Å². The number of hydrogen-bond donors (Lipinski definition) is 2. The number of benzene rings is 3. The van der Waals surface area contributed by atoms with E-state index >= 15 is 0 Å². The van der Waals surface area contributed by atoms with Crippen LogP contribution in [0.3, 0.4) is 0 Å². The van der Waals surface area contributed by atoms with Gasteiger partial charge in [-0.1, -0.05) is 24.3 Å². The molecule has 0 bridgehead atoms. The second-order valence-corrected chi connectivity index (χ2v) is 8.50. The van der Waals surface area contributed by atoms with Crippen LogP contribution in [0.2, 0.25) is 0 Å². The van der Waals surface area contributed by atoms with E-state index in [0.29, 0.717) is 23.6 Å². The lowest BCUT2D eigenvalue weighted by molar-refractivity contribution is -0.123. The number of halogens is 1. The smallest absolute Gasteiger partial charge is 0.326 e. The van der Waals surface area contributed by atoms with E-state index in [-0.39, 0.29) is 24.9 Å². The molecule has 1 aliphatic rings. The molecule has 4 amide bonds. The predicted molar refractivity (Wildman–Crippen MR) is 132 cm³/mol. The summed E-state index contributed by atoms with van der Waals surface area (Å²) in [6, 6.07) is 19.6. The molecule has 0 spiro atoms. The number of carbonyl (C=O) groups excluding carboxylic acids is 3. The summed E-state index contributed by atoms with van der Waals surface area (Å²) in [5, 5.41) is 5.51. The van der Waals surface area contributed by atoms with Crippen molar-refractivity contribution in [2.45, 2.75) is 11.4 Å². The zero-order valence-corrected chi connectivity index (χ0v) is 19.3. The lowest BCUT2D eigenvalue weighted by Crippen LogP contribution is -2.51. The highest BCUT2D eigenvalue weighted by Gasteiger charge is 2.33. The van der Waals surface area contributed by atoms with Crippen LogP contribution >= 0.6 is 11.8 Å². The number of fused-ring (bicyclic) bond motifs is 1. The summed E-state index contributed by atoms with van der Waals surface area (Å²) in [5.41, 5.74) is 2.33. The second kappa shape index (κ2) is 10.4. The van der Waals surface area contributed by atoms with Crippen LogP contribution in [0.5, 0.6) is 0 Å². The van der Waals surface area contributed by atoms with Gasteiger partial charge >= 0.3 is 6.03 Å². The van der Waals surface area contributed by atoms with Crippen LogP contribution in [0.4, 0.5) is 26.2 Å². The van der Waals surface area contributed by atoms with E-state index in [1.165, 1.54) is 34.1 Å². The van der Waals surface area contributed by atoms with Crippen molar-refractivity contribution in [3.8, 4) is 0 Å². The number of nitrogens with one attached hydrogen (secondary N) is 2. The first-order chi connectivity index (χ1) is 16.4. The number of nitrogens with zero attached hydrogens (tertiary/aromatic N) is 2. The first-order valence-electron chi connectivity index (χ1n) is 10.6. The lowest BCUT2D eigenvalue weighted by atomic mass is 10.1. The number of anilines is 3. The lowest BCUT2D eigenvalue weighted by Gasteiger charge is -2.35. The van der Waals surface area contributed by atoms with Gasteiger partial charge in [0.1, 0.15) is 18.9 Å². The molecule has 0 fully saturated rings. The van der Waals surface area contributed by atoms with Crippen molar-refractivity contribution in [3.05, 3.63) is 84.2 Å². The largest absolute Gasteiger partial charge is 0.350 e. The van der Waals surface area contributed by atoms with Gasteiger partial charge in [0.15, 0.2) is 0 Å². The molecule has 7 nitrogen and oxygen atoms in total. The quantitative estimate of drug-likeness (QED) is 0.519. The number of rotatable bonds is 6. The van der Waals surface area contributed by atoms with Crippen molar-refractivity contribution < 1.29 is 18.8 Å². The van der Waals surface area contributed by atoms with Crippen molar-refractivity contribution in [2.75, 3.05) is 34.5 Å². The molecule has 3 aromatic rings. The highest BCUT2D eigenvalue weighted by Crippen LogP contribution is 2.33. The van der Waals surface area contributed by atoms with Crippen LogP contribution in [-0.2, 0) is 16.1 Å². The average Bonchev–Trinajstić information content (AvgIpc) is 2.86. The maximum atomic E-state index is 13.1. The number of hydrogen-bond acceptors (Lipinski definition) is 4. The number of amides is 4. The number of thioether (sulfide) groups is 1. The van der Waals surface area contributed by atoms with Gasteiger partial charge in [0, 0.05) is 17.1 Å². The third-order valence-electron chi connectivity index (χ3n) is 5.35. The van der Waals surface area contributed by atoms with E-state index in [0.717, 1.165) is 10.5 Å². The van der Waals surface area contributed by atoms with Crippen LogP contribution in [0, 0.1) is 5.82 Å². The normalized spacial score (nSPS) is 12.8. The minimum absolute atomic E-state index is 0.161. The Hall–Kier alpha value is -3.85. The minimum atomic E-state index is -0.523. The Bertz CT molecular complexity index is 1200. The molecule has 0 unspecified atom stereocenters. The SMILES string of the molecule is CSc1ccc(CNC(=O)CN2C(=O)CN(C(=O)Nc3ccc(F)cc3)c3ccccc32)cc1. The molecule has 4 rings (SSSR count). The topological polar surface area (TPSA) is 81.8 Å². The first kappa shape index (κ1) is 23.3. The molecule has 0 atom stereocenters. The molecular weight excluding hydrogens is 455 g/mol. The highest BCUT2D eigenvalue weighted by molar-refractivity contribution is 7.98. The number of urea groups is 1. The molecular formula is C25H23FN4O3S. The van der Waals surface area contributed by atoms with Gasteiger partial charge in [0.2, 0.25) is 11.8 Å². The van der Waals surface area contributed by atoms with Crippen LogP contribution in [0.1, 0.15) is 5.56 Å². The summed E-state index contributed by atoms with van der Waals surface area (Å²) in [5.74, 6) is -1.10. The molecule has 1 aliphatic heterocycles. The van der Waals surface area contributed by atoms with Crippen LogP contribution < -0.4 is 20.4 Å². The van der Waals surface area contributed by atoms with Gasteiger partial charge in [-0.15, -0.1) is 11.8 Å². The first-order valence-corrected chi connectivity index (χ1v) is 11.8. The Morgan fingerprint density at radius 3 is 2.32 bits per heavy atom. The van der Waals surface area contributed by atoms with Gasteiger partial charge in [-0.3, -0.25) is 19.4 Å². The molecule has 0 radical (unpaired) electrons. The minimum Gasteiger partial charge on any atom is -0.350 e. The standard InChI is InChI=1S/C25H23FN4O3S/c1-34-20-12-6-17(7-13-20)14-27-23(31)15-29-21-4-2-3-5-22(21)30(16-24(29)32)25(33)28-19-10-8-18(26)9-11-19/h2-13H,14-16H2,1H3,(H,27,31)(H,28,33). The molecule has 0 saturated heterocycles. The third kappa shape index (κ3) is 5.37. The molecule has 3 aromatic carbocycles. The summed E-state index contributed by atoms with van der Waals surface area (Å²) in [6.07, 6.45) is 2.00. The van der Waals surface area contributed by atoms with Crippen LogP contribution in [0.25, 0.3) is 0 Å². The summed E-state index contributed by atoms with van der Waals surface area (Å²) in [6.45, 7) is -0.0387. The maximum Gasteiger partial charge on any atom is 0.326 e. The Morgan fingerprint density at radius 1 is 0.971 bits per heavy atom.